The molecule has 0 saturated heterocycles. The number of nitrogens with one attached hydrogen (secondary N) is 1. The fourth-order valence-electron chi connectivity index (χ4n) is 2.23. The molecule has 0 aromatic heterocycles. The second-order valence-electron chi connectivity index (χ2n) is 5.06. The first-order valence-electron chi connectivity index (χ1n) is 7.47. The number of carbonyl (C=O) groups excluding carboxylic acids is 2. The van der Waals surface area contributed by atoms with Gasteiger partial charge in [0.1, 0.15) is 5.82 Å². The zero-order chi connectivity index (χ0) is 17.5. The molecule has 0 spiro atoms. The summed E-state index contributed by atoms with van der Waals surface area (Å²) in [5, 5.41) is 3.19. The van der Waals surface area contributed by atoms with Crippen LogP contribution in [0, 0.1) is 5.82 Å². The van der Waals surface area contributed by atoms with Crippen molar-refractivity contribution in [3.05, 3.63) is 70.5 Å². The first-order valence-corrected chi connectivity index (χ1v) is 7.85. The first kappa shape index (κ1) is 17.9. The van der Waals surface area contributed by atoms with Crippen LogP contribution in [0.4, 0.5) is 4.39 Å². The molecule has 6 heteroatoms. The predicted octanol–water partition coefficient (Wildman–Crippen LogP) is 3.90. The van der Waals surface area contributed by atoms with Gasteiger partial charge in [0.25, 0.3) is 5.91 Å². The third-order valence-corrected chi connectivity index (χ3v) is 3.71. The van der Waals surface area contributed by atoms with Gasteiger partial charge in [-0.25, -0.2) is 4.39 Å². The number of hydrogen-bond acceptors (Lipinski definition) is 3. The van der Waals surface area contributed by atoms with Crippen molar-refractivity contribution in [1.29, 1.82) is 0 Å². The van der Waals surface area contributed by atoms with Crippen LogP contribution >= 0.6 is 11.6 Å². The highest BCUT2D eigenvalue weighted by Gasteiger charge is 2.22. The van der Waals surface area contributed by atoms with E-state index in [0.29, 0.717) is 10.6 Å². The lowest BCUT2D eigenvalue weighted by molar-refractivity contribution is -0.143. The average Bonchev–Trinajstić information content (AvgIpc) is 2.55. The Balaban J connectivity index is 2.22. The van der Waals surface area contributed by atoms with Crippen molar-refractivity contribution < 1.29 is 18.7 Å². The van der Waals surface area contributed by atoms with Crippen molar-refractivity contribution >= 4 is 23.5 Å². The van der Waals surface area contributed by atoms with E-state index in [4.69, 9.17) is 16.3 Å². The van der Waals surface area contributed by atoms with Gasteiger partial charge in [-0.05, 0) is 42.8 Å². The lowest BCUT2D eigenvalue weighted by atomic mass is 10.0. The van der Waals surface area contributed by atoms with E-state index < -0.39 is 23.7 Å². The van der Waals surface area contributed by atoms with E-state index in [9.17, 15) is 14.0 Å². The third kappa shape index (κ3) is 4.80. The Morgan fingerprint density at radius 1 is 1.17 bits per heavy atom. The lowest BCUT2D eigenvalue weighted by Crippen LogP contribution is -2.30. The molecule has 1 unspecified atom stereocenters. The number of rotatable bonds is 6. The molecule has 0 fully saturated rings. The van der Waals surface area contributed by atoms with Crippen molar-refractivity contribution in [2.24, 2.45) is 0 Å². The van der Waals surface area contributed by atoms with Crippen LogP contribution in [0.25, 0.3) is 0 Å². The van der Waals surface area contributed by atoms with Crippen LogP contribution in [-0.2, 0) is 9.53 Å². The highest BCUT2D eigenvalue weighted by molar-refractivity contribution is 6.31. The Morgan fingerprint density at radius 3 is 2.46 bits per heavy atom. The van der Waals surface area contributed by atoms with Crippen LogP contribution in [0.2, 0.25) is 5.02 Å². The zero-order valence-corrected chi connectivity index (χ0v) is 13.8. The van der Waals surface area contributed by atoms with Crippen LogP contribution in [0.1, 0.15) is 35.3 Å². The van der Waals surface area contributed by atoms with Gasteiger partial charge in [0.2, 0.25) is 0 Å². The number of carbonyl (C=O) groups is 2. The largest absolute Gasteiger partial charge is 0.466 e. The first-order chi connectivity index (χ1) is 11.5. The van der Waals surface area contributed by atoms with Gasteiger partial charge in [-0.3, -0.25) is 9.59 Å². The SMILES string of the molecule is CCOC(=O)CC(NC(=O)c1ccc(F)cc1)c1ccccc1Cl. The average molecular weight is 350 g/mol. The molecule has 24 heavy (non-hydrogen) atoms. The maximum atomic E-state index is 13.0. The molecule has 0 aliphatic heterocycles. The monoisotopic (exact) mass is 349 g/mol. The van der Waals surface area contributed by atoms with E-state index in [1.165, 1.54) is 24.3 Å². The molecule has 1 amide bonds. The molecule has 0 heterocycles. The van der Waals surface area contributed by atoms with Crippen LogP contribution in [-0.4, -0.2) is 18.5 Å². The quantitative estimate of drug-likeness (QED) is 0.805. The van der Waals surface area contributed by atoms with Gasteiger partial charge in [0.05, 0.1) is 19.1 Å². The van der Waals surface area contributed by atoms with Crippen LogP contribution in [0.5, 0.6) is 0 Å². The van der Waals surface area contributed by atoms with Crippen LogP contribution in [0.15, 0.2) is 48.5 Å². The maximum absolute atomic E-state index is 13.0. The minimum atomic E-state index is -0.643. The van der Waals surface area contributed by atoms with Gasteiger partial charge in [-0.2, -0.15) is 0 Å². The summed E-state index contributed by atoms with van der Waals surface area (Å²) < 4.78 is 17.9. The molecule has 0 saturated carbocycles. The van der Waals surface area contributed by atoms with E-state index in [0.717, 1.165) is 0 Å². The summed E-state index contributed by atoms with van der Waals surface area (Å²) in [6.07, 6.45) is -0.0511. The number of ether oxygens (including phenoxy) is 1. The fraction of sp³-hybridized carbons (Fsp3) is 0.222. The molecule has 2 rings (SSSR count). The number of amides is 1. The minimum absolute atomic E-state index is 0.0511. The molecule has 0 aliphatic carbocycles. The zero-order valence-electron chi connectivity index (χ0n) is 13.1. The molecular weight excluding hydrogens is 333 g/mol. The molecular formula is C18H17ClFNO3. The summed E-state index contributed by atoms with van der Waals surface area (Å²) >= 11 is 6.18. The molecule has 1 N–H and O–H groups in total. The normalized spacial score (nSPS) is 11.6. The number of benzene rings is 2. The summed E-state index contributed by atoms with van der Waals surface area (Å²) in [5.74, 6) is -1.30. The summed E-state index contributed by atoms with van der Waals surface area (Å²) in [6, 6.07) is 11.4. The van der Waals surface area contributed by atoms with Crippen LogP contribution < -0.4 is 5.32 Å². The van der Waals surface area contributed by atoms with E-state index in [1.54, 1.807) is 31.2 Å². The molecule has 0 bridgehead atoms. The molecule has 2 aromatic rings. The molecule has 2 aromatic carbocycles. The van der Waals surface area contributed by atoms with E-state index >= 15 is 0 Å². The Morgan fingerprint density at radius 2 is 1.83 bits per heavy atom. The van der Waals surface area contributed by atoms with Gasteiger partial charge >= 0.3 is 5.97 Å². The summed E-state index contributed by atoms with van der Waals surface area (Å²) in [5.41, 5.74) is 0.903. The van der Waals surface area contributed by atoms with Gasteiger partial charge in [0, 0.05) is 10.6 Å². The molecule has 0 radical (unpaired) electrons. The molecule has 1 atom stereocenters. The second-order valence-corrected chi connectivity index (χ2v) is 5.47. The van der Waals surface area contributed by atoms with Gasteiger partial charge < -0.3 is 10.1 Å². The van der Waals surface area contributed by atoms with E-state index in [1.807, 2.05) is 0 Å². The third-order valence-electron chi connectivity index (χ3n) is 3.37. The van der Waals surface area contributed by atoms with E-state index in [2.05, 4.69) is 5.32 Å². The number of esters is 1. The van der Waals surface area contributed by atoms with Crippen molar-refractivity contribution in [2.75, 3.05) is 6.61 Å². The summed E-state index contributed by atoms with van der Waals surface area (Å²) in [6.45, 7) is 1.96. The second kappa shape index (κ2) is 8.45. The topological polar surface area (TPSA) is 55.4 Å². The maximum Gasteiger partial charge on any atom is 0.308 e. The lowest BCUT2D eigenvalue weighted by Gasteiger charge is -2.19. The molecule has 0 aliphatic rings. The van der Waals surface area contributed by atoms with Gasteiger partial charge in [0.15, 0.2) is 0 Å². The Bertz CT molecular complexity index is 718. The number of hydrogen-bond donors (Lipinski definition) is 1. The highest BCUT2D eigenvalue weighted by Crippen LogP contribution is 2.26. The van der Waals surface area contributed by atoms with Crippen LogP contribution in [0.3, 0.4) is 0 Å². The van der Waals surface area contributed by atoms with Crippen molar-refractivity contribution in [3.8, 4) is 0 Å². The van der Waals surface area contributed by atoms with Crippen molar-refractivity contribution in [1.82, 2.24) is 5.32 Å². The standard InChI is InChI=1S/C18H17ClFNO3/c1-2-24-17(22)11-16(14-5-3-4-6-15(14)19)21-18(23)12-7-9-13(20)10-8-12/h3-10,16H,2,11H2,1H3,(H,21,23). The Kier molecular flexibility index (Phi) is 6.32. The number of halogens is 2. The Hall–Kier alpha value is -2.40. The van der Waals surface area contributed by atoms with Crippen molar-refractivity contribution in [3.63, 3.8) is 0 Å². The highest BCUT2D eigenvalue weighted by atomic mass is 35.5. The minimum Gasteiger partial charge on any atom is -0.466 e. The summed E-state index contributed by atoms with van der Waals surface area (Å²) in [7, 11) is 0. The Labute approximate surface area is 144 Å². The van der Waals surface area contributed by atoms with Gasteiger partial charge in [-0.1, -0.05) is 29.8 Å². The van der Waals surface area contributed by atoms with E-state index in [-0.39, 0.29) is 18.6 Å². The molecule has 126 valence electrons. The summed E-state index contributed by atoms with van der Waals surface area (Å²) in [4.78, 5) is 24.2. The fourth-order valence-corrected chi connectivity index (χ4v) is 2.49. The smallest absolute Gasteiger partial charge is 0.308 e. The van der Waals surface area contributed by atoms with Crippen molar-refractivity contribution in [2.45, 2.75) is 19.4 Å². The molecule has 4 nitrogen and oxygen atoms in total. The van der Waals surface area contributed by atoms with Gasteiger partial charge in [-0.15, -0.1) is 0 Å². The predicted molar refractivity (Wildman–Crippen MR) is 89.3 cm³/mol.